The predicted molar refractivity (Wildman–Crippen MR) is 221 cm³/mol. The summed E-state index contributed by atoms with van der Waals surface area (Å²) in [6.07, 6.45) is 18.3. The first kappa shape index (κ1) is 53.2. The van der Waals surface area contributed by atoms with Gasteiger partial charge in [-0.15, -0.1) is 0 Å². The lowest BCUT2D eigenvalue weighted by Crippen LogP contribution is -2.55. The highest BCUT2D eigenvalue weighted by molar-refractivity contribution is 6.38. The number of fused-ring (bicyclic) bond motifs is 1. The molecule has 1 saturated heterocycles. The molecule has 0 radical (unpaired) electrons. The summed E-state index contributed by atoms with van der Waals surface area (Å²) in [4.78, 5) is 85.1. The molecule has 1 aliphatic heterocycles. The van der Waals surface area contributed by atoms with Gasteiger partial charge in [-0.2, -0.15) is 0 Å². The Kier molecular flexibility index (Phi) is 29.3. The molecule has 1 aromatic heterocycles. The maximum Gasteiger partial charge on any atom is 0.289 e. The topological polar surface area (TPSA) is 180 Å². The minimum atomic E-state index is -0.962. The molecule has 13 nitrogen and oxygen atoms in total. The SMILES string of the molecule is C.C.C1CCCCC1.CC.CC.CC(C)C.CCCC(NC(=O)C1C2CCCC2CN1C(=O)CNC(=O)CNC(=O)c1cnccn1)C(=O)C(=O)NC1CC1. The molecule has 1 aromatic rings. The van der Waals surface area contributed by atoms with Crippen LogP contribution in [0.25, 0.3) is 0 Å². The van der Waals surface area contributed by atoms with Crippen LogP contribution < -0.4 is 21.3 Å². The highest BCUT2D eigenvalue weighted by atomic mass is 16.2. The Morgan fingerprint density at radius 3 is 1.89 bits per heavy atom. The first-order valence-electron chi connectivity index (χ1n) is 20.3. The second kappa shape index (κ2) is 30.3. The Morgan fingerprint density at radius 1 is 0.800 bits per heavy atom. The zero-order valence-electron chi connectivity index (χ0n) is 33.8. The van der Waals surface area contributed by atoms with Crippen molar-refractivity contribution in [3.8, 4) is 0 Å². The summed E-state index contributed by atoms with van der Waals surface area (Å²) < 4.78 is 0. The second-order valence-corrected chi connectivity index (χ2v) is 14.2. The van der Waals surface area contributed by atoms with Crippen molar-refractivity contribution in [1.29, 1.82) is 0 Å². The molecule has 4 N–H and O–H groups in total. The standard InChI is InChI=1S/C26H35N7O6.C6H12.C4H10.2C2H6.2CH4/c1-2-4-18(23(36)26(39)31-16-7-8-16)32-25(38)22-17-6-3-5-15(17)14-33(22)21(35)13-29-20(34)12-30-24(37)19-11-27-9-10-28-19;1-2-4-6-5-3-1;1-4(2)3;2*1-2;;/h9-11,15-18,22H,2-8,12-14H2,1H3,(H,29,34)(H,30,37)(H,31,39)(H,32,38);1-6H2;4H,1-3H3;2*1-2H3;2*1H4. The van der Waals surface area contributed by atoms with Crippen molar-refractivity contribution in [2.45, 2.75) is 172 Å². The monoisotopic (exact) mass is 776 g/mol. The van der Waals surface area contributed by atoms with Crippen molar-refractivity contribution < 1.29 is 28.8 Å². The van der Waals surface area contributed by atoms with Crippen LogP contribution in [0.5, 0.6) is 0 Å². The molecule has 4 atom stereocenters. The van der Waals surface area contributed by atoms with Gasteiger partial charge in [0.15, 0.2) is 0 Å². The maximum atomic E-state index is 13.5. The Labute approximate surface area is 333 Å². The van der Waals surface area contributed by atoms with E-state index in [0.29, 0.717) is 19.4 Å². The van der Waals surface area contributed by atoms with Gasteiger partial charge in [0, 0.05) is 25.0 Å². The van der Waals surface area contributed by atoms with Gasteiger partial charge >= 0.3 is 0 Å². The van der Waals surface area contributed by atoms with Gasteiger partial charge in [-0.05, 0) is 49.9 Å². The average molecular weight is 776 g/mol. The van der Waals surface area contributed by atoms with Gasteiger partial charge in [-0.3, -0.25) is 33.8 Å². The fourth-order valence-corrected chi connectivity index (χ4v) is 6.42. The first-order valence-corrected chi connectivity index (χ1v) is 20.3. The number of Topliss-reactive ketones (excluding diaryl/α,β-unsaturated/α-hetero) is 1. The van der Waals surface area contributed by atoms with E-state index in [4.69, 9.17) is 0 Å². The minimum absolute atomic E-state index is 0. The van der Waals surface area contributed by atoms with Crippen molar-refractivity contribution in [3.05, 3.63) is 24.3 Å². The third kappa shape index (κ3) is 20.0. The van der Waals surface area contributed by atoms with E-state index in [1.165, 1.54) is 62.0 Å². The number of amides is 5. The number of nitrogens with zero attached hydrogens (tertiary/aromatic N) is 3. The fourth-order valence-electron chi connectivity index (χ4n) is 6.42. The summed E-state index contributed by atoms with van der Waals surface area (Å²) in [6.45, 7) is 16.0. The van der Waals surface area contributed by atoms with Gasteiger partial charge in [-0.25, -0.2) is 4.98 Å². The van der Waals surface area contributed by atoms with Gasteiger partial charge in [0.25, 0.3) is 11.8 Å². The van der Waals surface area contributed by atoms with Crippen molar-refractivity contribution >= 4 is 35.3 Å². The highest BCUT2D eigenvalue weighted by Crippen LogP contribution is 2.42. The van der Waals surface area contributed by atoms with E-state index in [9.17, 15) is 28.8 Å². The number of carbonyl (C=O) groups excluding carboxylic acids is 6. The van der Waals surface area contributed by atoms with E-state index < -0.39 is 47.4 Å². The number of carbonyl (C=O) groups is 6. The molecule has 5 rings (SSSR count). The highest BCUT2D eigenvalue weighted by Gasteiger charge is 2.49. The molecule has 3 saturated carbocycles. The molecular weight excluding hydrogens is 699 g/mol. The molecule has 0 bridgehead atoms. The van der Waals surface area contributed by atoms with Crippen LogP contribution >= 0.6 is 0 Å². The fraction of sp³-hybridized carbons (Fsp3) is 0.762. The van der Waals surface area contributed by atoms with Crippen LogP contribution in [0.3, 0.4) is 0 Å². The zero-order valence-corrected chi connectivity index (χ0v) is 33.8. The van der Waals surface area contributed by atoms with Gasteiger partial charge in [0.2, 0.25) is 23.5 Å². The molecule has 0 aromatic carbocycles. The number of likely N-dealkylation sites (tertiary alicyclic amines) is 1. The van der Waals surface area contributed by atoms with Crippen molar-refractivity contribution in [2.24, 2.45) is 17.8 Å². The average Bonchev–Trinajstić information content (AvgIpc) is 3.75. The van der Waals surface area contributed by atoms with E-state index >= 15 is 0 Å². The molecule has 55 heavy (non-hydrogen) atoms. The number of hydrogen-bond donors (Lipinski definition) is 4. The summed E-state index contributed by atoms with van der Waals surface area (Å²) in [5.74, 6) is -2.45. The smallest absolute Gasteiger partial charge is 0.289 e. The number of hydrogen-bond acceptors (Lipinski definition) is 8. The lowest BCUT2D eigenvalue weighted by Gasteiger charge is -2.29. The Morgan fingerprint density at radius 2 is 1.38 bits per heavy atom. The summed E-state index contributed by atoms with van der Waals surface area (Å²) in [7, 11) is 0. The first-order chi connectivity index (χ1) is 25.5. The van der Waals surface area contributed by atoms with E-state index in [1.54, 1.807) is 0 Å². The van der Waals surface area contributed by atoms with Crippen LogP contribution in [0.15, 0.2) is 18.6 Å². The number of rotatable bonds is 12. The molecule has 5 amide bonds. The van der Waals surface area contributed by atoms with Gasteiger partial charge in [0.1, 0.15) is 11.7 Å². The summed E-state index contributed by atoms with van der Waals surface area (Å²) in [5, 5.41) is 10.3. The van der Waals surface area contributed by atoms with Crippen LogP contribution in [0, 0.1) is 17.8 Å². The number of nitrogens with one attached hydrogen (secondary N) is 4. The number of ketones is 1. The summed E-state index contributed by atoms with van der Waals surface area (Å²) >= 11 is 0. The Hall–Kier alpha value is -3.90. The molecular formula is C42H77N7O6. The Balaban J connectivity index is 0. The normalized spacial score (nSPS) is 19.4. The van der Waals surface area contributed by atoms with Crippen molar-refractivity contribution in [2.75, 3.05) is 19.6 Å². The minimum Gasteiger partial charge on any atom is -0.347 e. The van der Waals surface area contributed by atoms with Gasteiger partial charge in [-0.1, -0.05) is 122 Å². The quantitative estimate of drug-likeness (QED) is 0.176. The third-order valence-corrected chi connectivity index (χ3v) is 8.97. The molecule has 2 heterocycles. The van der Waals surface area contributed by atoms with Crippen LogP contribution in [-0.2, 0) is 24.0 Å². The maximum absolute atomic E-state index is 13.5. The summed E-state index contributed by atoms with van der Waals surface area (Å²) in [5.41, 5.74) is 0.0590. The third-order valence-electron chi connectivity index (χ3n) is 8.97. The molecule has 0 spiro atoms. The molecule has 4 unspecified atom stereocenters. The largest absolute Gasteiger partial charge is 0.347 e. The van der Waals surface area contributed by atoms with Crippen molar-refractivity contribution in [1.82, 2.24) is 36.1 Å². The molecule has 4 fully saturated rings. The summed E-state index contributed by atoms with van der Waals surface area (Å²) in [6, 6.07) is -1.72. The van der Waals surface area contributed by atoms with Crippen LogP contribution in [-0.4, -0.2) is 87.9 Å². The van der Waals surface area contributed by atoms with Crippen LogP contribution in [0.2, 0.25) is 0 Å². The van der Waals surface area contributed by atoms with Crippen LogP contribution in [0.1, 0.15) is 164 Å². The second-order valence-electron chi connectivity index (χ2n) is 14.2. The van der Waals surface area contributed by atoms with E-state index in [0.717, 1.165) is 38.0 Å². The van der Waals surface area contributed by atoms with E-state index in [2.05, 4.69) is 52.0 Å². The van der Waals surface area contributed by atoms with E-state index in [-0.39, 0.29) is 51.5 Å². The lowest BCUT2D eigenvalue weighted by atomic mass is 9.93. The predicted octanol–water partition coefficient (Wildman–Crippen LogP) is 6.41. The molecule has 13 heteroatoms. The number of aromatic nitrogens is 2. The molecule has 316 valence electrons. The molecule has 4 aliphatic rings. The molecule has 3 aliphatic carbocycles. The zero-order chi connectivity index (χ0) is 39.8. The van der Waals surface area contributed by atoms with Gasteiger partial charge in [0.05, 0.1) is 25.3 Å². The van der Waals surface area contributed by atoms with Gasteiger partial charge < -0.3 is 26.2 Å². The van der Waals surface area contributed by atoms with Crippen LogP contribution in [0.4, 0.5) is 0 Å². The van der Waals surface area contributed by atoms with E-state index in [1.807, 2.05) is 34.6 Å². The lowest BCUT2D eigenvalue weighted by molar-refractivity contribution is -0.142. The Bertz CT molecular complexity index is 1240. The van der Waals surface area contributed by atoms with Crippen molar-refractivity contribution in [3.63, 3.8) is 0 Å².